The number of amides is 1. The van der Waals surface area contributed by atoms with Gasteiger partial charge in [-0.3, -0.25) is 9.18 Å². The molecule has 1 rings (SSSR count). The predicted octanol–water partition coefficient (Wildman–Crippen LogP) is 0.968. The molecule has 2 nitrogen and oxygen atoms in total. The summed E-state index contributed by atoms with van der Waals surface area (Å²) in [5, 5.41) is 0. The zero-order chi connectivity index (χ0) is 7.40. The molecular weight excluding hydrogens is 133 g/mol. The molecule has 10 heavy (non-hydrogen) atoms. The first-order valence-corrected chi connectivity index (χ1v) is 3.68. The van der Waals surface area contributed by atoms with Crippen molar-refractivity contribution in [3.63, 3.8) is 0 Å². The van der Waals surface area contributed by atoms with Crippen molar-refractivity contribution in [2.24, 2.45) is 0 Å². The summed E-state index contributed by atoms with van der Waals surface area (Å²) in [5.41, 5.74) is 0. The zero-order valence-electron chi connectivity index (χ0n) is 5.98. The van der Waals surface area contributed by atoms with Crippen molar-refractivity contribution >= 4 is 5.91 Å². The molecule has 0 spiro atoms. The largest absolute Gasteiger partial charge is 0.343 e. The minimum Gasteiger partial charge on any atom is -0.343 e. The molecule has 0 atom stereocenters. The monoisotopic (exact) mass is 145 g/mol. The van der Waals surface area contributed by atoms with Gasteiger partial charge in [0.1, 0.15) is 0 Å². The number of rotatable bonds is 3. The van der Waals surface area contributed by atoms with E-state index in [9.17, 15) is 9.18 Å². The number of likely N-dealkylation sites (tertiary alicyclic amines) is 1. The summed E-state index contributed by atoms with van der Waals surface area (Å²) in [4.78, 5) is 12.6. The second kappa shape index (κ2) is 3.54. The van der Waals surface area contributed by atoms with E-state index in [0.29, 0.717) is 19.4 Å². The van der Waals surface area contributed by atoms with Crippen molar-refractivity contribution < 1.29 is 9.18 Å². The molecule has 0 aromatic carbocycles. The van der Waals surface area contributed by atoms with E-state index in [2.05, 4.69) is 0 Å². The summed E-state index contributed by atoms with van der Waals surface area (Å²) in [7, 11) is 0. The third-order valence-electron chi connectivity index (χ3n) is 1.73. The number of nitrogens with zero attached hydrogens (tertiary/aromatic N) is 1. The van der Waals surface area contributed by atoms with Crippen molar-refractivity contribution in [2.75, 3.05) is 19.8 Å². The normalized spacial score (nSPS) is 18.5. The van der Waals surface area contributed by atoms with Gasteiger partial charge in [0.15, 0.2) is 0 Å². The van der Waals surface area contributed by atoms with Gasteiger partial charge in [0.25, 0.3) is 0 Å². The molecule has 0 unspecified atom stereocenters. The summed E-state index contributed by atoms with van der Waals surface area (Å²) >= 11 is 0. The van der Waals surface area contributed by atoms with E-state index in [0.717, 1.165) is 13.0 Å². The Balaban J connectivity index is 2.20. The summed E-state index contributed by atoms with van der Waals surface area (Å²) in [6.45, 7) is 1.12. The van der Waals surface area contributed by atoms with Gasteiger partial charge in [0.2, 0.25) is 5.91 Å². The maximum atomic E-state index is 11.6. The van der Waals surface area contributed by atoms with Crippen molar-refractivity contribution in [3.8, 4) is 0 Å². The first kappa shape index (κ1) is 7.51. The van der Waals surface area contributed by atoms with Crippen LogP contribution in [0, 0.1) is 0 Å². The van der Waals surface area contributed by atoms with E-state index < -0.39 is 0 Å². The summed E-state index contributed by atoms with van der Waals surface area (Å²) in [5.74, 6) is 0.188. The standard InChI is InChI=1S/C7H12FNO/c8-4-2-6-9-5-1-3-7(9)10/h1-6H2. The van der Waals surface area contributed by atoms with Crippen LogP contribution < -0.4 is 0 Å². The lowest BCUT2D eigenvalue weighted by molar-refractivity contribution is -0.127. The highest BCUT2D eigenvalue weighted by Crippen LogP contribution is 2.09. The number of hydrogen-bond acceptors (Lipinski definition) is 1. The lowest BCUT2D eigenvalue weighted by atomic mass is 10.4. The van der Waals surface area contributed by atoms with Crippen LogP contribution in [0.1, 0.15) is 19.3 Å². The molecule has 1 heterocycles. The molecular formula is C7H12FNO. The van der Waals surface area contributed by atoms with Crippen LogP contribution in [-0.4, -0.2) is 30.6 Å². The molecule has 1 aliphatic heterocycles. The van der Waals surface area contributed by atoms with E-state index in [1.54, 1.807) is 4.90 Å². The van der Waals surface area contributed by atoms with Crippen LogP contribution in [0.5, 0.6) is 0 Å². The molecule has 1 aliphatic rings. The Bertz CT molecular complexity index is 127. The first-order valence-electron chi connectivity index (χ1n) is 3.68. The summed E-state index contributed by atoms with van der Waals surface area (Å²) in [6.07, 6.45) is 2.10. The zero-order valence-corrected chi connectivity index (χ0v) is 5.98. The van der Waals surface area contributed by atoms with Crippen molar-refractivity contribution in [1.82, 2.24) is 4.90 Å². The Labute approximate surface area is 60.0 Å². The van der Waals surface area contributed by atoms with Crippen molar-refractivity contribution in [1.29, 1.82) is 0 Å². The van der Waals surface area contributed by atoms with Gasteiger partial charge in [-0.15, -0.1) is 0 Å². The third kappa shape index (κ3) is 1.69. The molecule has 0 aromatic rings. The smallest absolute Gasteiger partial charge is 0.222 e. The Morgan fingerprint density at radius 1 is 1.60 bits per heavy atom. The Morgan fingerprint density at radius 2 is 2.40 bits per heavy atom. The maximum absolute atomic E-state index is 11.6. The molecule has 0 radical (unpaired) electrons. The van der Waals surface area contributed by atoms with Gasteiger partial charge in [-0.2, -0.15) is 0 Å². The molecule has 3 heteroatoms. The average Bonchev–Trinajstić information content (AvgIpc) is 2.31. The fourth-order valence-corrected chi connectivity index (χ4v) is 1.19. The minimum absolute atomic E-state index is 0.188. The van der Waals surface area contributed by atoms with Gasteiger partial charge in [0.05, 0.1) is 6.67 Å². The fraction of sp³-hybridized carbons (Fsp3) is 0.857. The van der Waals surface area contributed by atoms with Crippen molar-refractivity contribution in [2.45, 2.75) is 19.3 Å². The molecule has 0 bridgehead atoms. The van der Waals surface area contributed by atoms with Gasteiger partial charge in [-0.1, -0.05) is 0 Å². The van der Waals surface area contributed by atoms with Crippen LogP contribution in [0.4, 0.5) is 4.39 Å². The van der Waals surface area contributed by atoms with Crippen LogP contribution in [-0.2, 0) is 4.79 Å². The maximum Gasteiger partial charge on any atom is 0.222 e. The topological polar surface area (TPSA) is 20.3 Å². The highest BCUT2D eigenvalue weighted by molar-refractivity contribution is 5.77. The quantitative estimate of drug-likeness (QED) is 0.579. The number of carbonyl (C=O) groups is 1. The fourth-order valence-electron chi connectivity index (χ4n) is 1.19. The molecule has 0 aromatic heterocycles. The number of carbonyl (C=O) groups excluding carboxylic acids is 1. The van der Waals surface area contributed by atoms with Crippen LogP contribution in [0.15, 0.2) is 0 Å². The molecule has 1 amide bonds. The average molecular weight is 145 g/mol. The third-order valence-corrected chi connectivity index (χ3v) is 1.73. The van der Waals surface area contributed by atoms with Crippen LogP contribution in [0.25, 0.3) is 0 Å². The highest BCUT2D eigenvalue weighted by atomic mass is 19.1. The van der Waals surface area contributed by atoms with Gasteiger partial charge in [0, 0.05) is 19.5 Å². The van der Waals surface area contributed by atoms with E-state index in [1.165, 1.54) is 0 Å². The second-order valence-electron chi connectivity index (χ2n) is 2.53. The highest BCUT2D eigenvalue weighted by Gasteiger charge is 2.18. The number of alkyl halides is 1. The van der Waals surface area contributed by atoms with E-state index in [4.69, 9.17) is 0 Å². The van der Waals surface area contributed by atoms with Gasteiger partial charge < -0.3 is 4.90 Å². The Morgan fingerprint density at radius 3 is 2.90 bits per heavy atom. The van der Waals surface area contributed by atoms with Gasteiger partial charge in [-0.05, 0) is 12.8 Å². The Kier molecular flexibility index (Phi) is 2.66. The molecule has 0 aliphatic carbocycles. The van der Waals surface area contributed by atoms with Crippen LogP contribution in [0.3, 0.4) is 0 Å². The summed E-state index contributed by atoms with van der Waals surface area (Å²) < 4.78 is 11.6. The van der Waals surface area contributed by atoms with Crippen LogP contribution >= 0.6 is 0 Å². The lowest BCUT2D eigenvalue weighted by Crippen LogP contribution is -2.25. The Hall–Kier alpha value is -0.600. The molecule has 1 saturated heterocycles. The van der Waals surface area contributed by atoms with Gasteiger partial charge >= 0.3 is 0 Å². The second-order valence-corrected chi connectivity index (χ2v) is 2.53. The molecule has 0 N–H and O–H groups in total. The first-order chi connectivity index (χ1) is 4.84. The molecule has 0 saturated carbocycles. The minimum atomic E-state index is -0.316. The van der Waals surface area contributed by atoms with E-state index >= 15 is 0 Å². The van der Waals surface area contributed by atoms with Gasteiger partial charge in [-0.25, -0.2) is 0 Å². The van der Waals surface area contributed by atoms with E-state index in [1.807, 2.05) is 0 Å². The lowest BCUT2D eigenvalue weighted by Gasteiger charge is -2.13. The molecule has 58 valence electrons. The van der Waals surface area contributed by atoms with E-state index in [-0.39, 0.29) is 12.6 Å². The molecule has 1 fully saturated rings. The predicted molar refractivity (Wildman–Crippen MR) is 36.4 cm³/mol. The van der Waals surface area contributed by atoms with Crippen LogP contribution in [0.2, 0.25) is 0 Å². The SMILES string of the molecule is O=C1CCCN1CCCF. The summed E-state index contributed by atoms with van der Waals surface area (Å²) in [6, 6.07) is 0. The van der Waals surface area contributed by atoms with Crippen molar-refractivity contribution in [3.05, 3.63) is 0 Å². The number of hydrogen-bond donors (Lipinski definition) is 0. The number of halogens is 1.